The largest absolute Gasteiger partial charge is 0.444 e. The minimum Gasteiger partial charge on any atom is -0.444 e. The van der Waals surface area contributed by atoms with Gasteiger partial charge in [0.05, 0.1) is 11.9 Å². The zero-order valence-corrected chi connectivity index (χ0v) is 10.9. The van der Waals surface area contributed by atoms with Crippen LogP contribution in [0.15, 0.2) is 18.5 Å². The number of aliphatic hydroxyl groups excluding tert-OH is 1. The summed E-state index contributed by atoms with van der Waals surface area (Å²) in [7, 11) is 1.36. The summed E-state index contributed by atoms with van der Waals surface area (Å²) in [6.45, 7) is 5.29. The van der Waals surface area contributed by atoms with Crippen LogP contribution >= 0.6 is 0 Å². The number of aliphatic hydroxyl groups is 1. The lowest BCUT2D eigenvalue weighted by molar-refractivity contribution is -0.0764. The molecule has 0 saturated heterocycles. The predicted molar refractivity (Wildman–Crippen MR) is 66.1 cm³/mol. The standard InChI is InChI=1S/C12H18N2O4/c1-12(2,3)18-11(16)14-9-7-13-6-5-8(9)10(15)17-4/h5-7,10,15H,1-4H3,(H,14,16). The van der Waals surface area contributed by atoms with E-state index in [2.05, 4.69) is 10.3 Å². The molecule has 2 N–H and O–H groups in total. The van der Waals surface area contributed by atoms with Gasteiger partial charge in [-0.2, -0.15) is 0 Å². The summed E-state index contributed by atoms with van der Waals surface area (Å²) in [5, 5.41) is 12.1. The number of amides is 1. The van der Waals surface area contributed by atoms with Crippen LogP contribution in [-0.4, -0.2) is 28.9 Å². The molecule has 0 bridgehead atoms. The summed E-state index contributed by atoms with van der Waals surface area (Å²) in [6.07, 6.45) is 1.18. The van der Waals surface area contributed by atoms with Crippen molar-refractivity contribution >= 4 is 11.8 Å². The van der Waals surface area contributed by atoms with Crippen LogP contribution in [0.4, 0.5) is 10.5 Å². The van der Waals surface area contributed by atoms with Gasteiger partial charge >= 0.3 is 6.09 Å². The van der Waals surface area contributed by atoms with Crippen LogP contribution in [-0.2, 0) is 9.47 Å². The second-order valence-corrected chi connectivity index (χ2v) is 4.68. The van der Waals surface area contributed by atoms with Crippen molar-refractivity contribution in [3.05, 3.63) is 24.0 Å². The van der Waals surface area contributed by atoms with Crippen LogP contribution in [0.3, 0.4) is 0 Å². The molecule has 6 heteroatoms. The molecule has 1 aromatic rings. The molecule has 0 radical (unpaired) electrons. The normalized spacial score (nSPS) is 12.9. The quantitative estimate of drug-likeness (QED) is 0.807. The van der Waals surface area contributed by atoms with Crippen molar-refractivity contribution in [2.45, 2.75) is 32.7 Å². The van der Waals surface area contributed by atoms with Crippen molar-refractivity contribution in [1.29, 1.82) is 0 Å². The molecule has 1 amide bonds. The molecule has 0 aliphatic carbocycles. The molecule has 0 spiro atoms. The summed E-state index contributed by atoms with van der Waals surface area (Å²) in [6, 6.07) is 1.56. The molecule has 0 aromatic carbocycles. The second kappa shape index (κ2) is 5.79. The number of methoxy groups -OCH3 is 1. The molecule has 0 aliphatic rings. The van der Waals surface area contributed by atoms with E-state index in [0.29, 0.717) is 11.3 Å². The van der Waals surface area contributed by atoms with Crippen LogP contribution in [0.2, 0.25) is 0 Å². The second-order valence-electron chi connectivity index (χ2n) is 4.68. The maximum atomic E-state index is 11.6. The van der Waals surface area contributed by atoms with E-state index < -0.39 is 18.0 Å². The Morgan fingerprint density at radius 2 is 2.17 bits per heavy atom. The van der Waals surface area contributed by atoms with E-state index in [1.807, 2.05) is 0 Å². The number of pyridine rings is 1. The lowest BCUT2D eigenvalue weighted by Gasteiger charge is -2.20. The highest BCUT2D eigenvalue weighted by Crippen LogP contribution is 2.22. The summed E-state index contributed by atoms with van der Waals surface area (Å²) in [4.78, 5) is 15.5. The lowest BCUT2D eigenvalue weighted by atomic mass is 10.2. The number of nitrogens with one attached hydrogen (secondary N) is 1. The van der Waals surface area contributed by atoms with E-state index in [1.54, 1.807) is 26.8 Å². The number of nitrogens with zero attached hydrogens (tertiary/aromatic N) is 1. The van der Waals surface area contributed by atoms with Gasteiger partial charge in [0.2, 0.25) is 0 Å². The minimum absolute atomic E-state index is 0.348. The Morgan fingerprint density at radius 3 is 2.72 bits per heavy atom. The van der Waals surface area contributed by atoms with Gasteiger partial charge in [-0.05, 0) is 26.8 Å². The molecule has 0 saturated carbocycles. The number of anilines is 1. The van der Waals surface area contributed by atoms with Crippen LogP contribution in [0.25, 0.3) is 0 Å². The van der Waals surface area contributed by atoms with E-state index in [9.17, 15) is 9.90 Å². The summed E-state index contributed by atoms with van der Waals surface area (Å²) in [5.41, 5.74) is 0.172. The van der Waals surface area contributed by atoms with Gasteiger partial charge < -0.3 is 14.6 Å². The summed E-state index contributed by atoms with van der Waals surface area (Å²) in [5.74, 6) is 0. The van der Waals surface area contributed by atoms with Gasteiger partial charge in [0, 0.05) is 18.9 Å². The Hall–Kier alpha value is -1.66. The third-order valence-electron chi connectivity index (χ3n) is 1.98. The smallest absolute Gasteiger partial charge is 0.412 e. The summed E-state index contributed by atoms with van der Waals surface area (Å²) < 4.78 is 9.90. The van der Waals surface area contributed by atoms with E-state index in [1.165, 1.54) is 19.5 Å². The van der Waals surface area contributed by atoms with E-state index in [0.717, 1.165) is 0 Å². The molecule has 1 unspecified atom stereocenters. The average Bonchev–Trinajstić information content (AvgIpc) is 2.26. The number of hydrogen-bond acceptors (Lipinski definition) is 5. The third kappa shape index (κ3) is 4.31. The summed E-state index contributed by atoms with van der Waals surface area (Å²) >= 11 is 0. The number of rotatable bonds is 3. The zero-order chi connectivity index (χ0) is 13.8. The molecular weight excluding hydrogens is 236 g/mol. The highest BCUT2D eigenvalue weighted by atomic mass is 16.6. The molecule has 1 aromatic heterocycles. The van der Waals surface area contributed by atoms with Gasteiger partial charge in [-0.1, -0.05) is 0 Å². The third-order valence-corrected chi connectivity index (χ3v) is 1.98. The maximum Gasteiger partial charge on any atom is 0.412 e. The number of ether oxygens (including phenoxy) is 2. The molecule has 0 aliphatic heterocycles. The average molecular weight is 254 g/mol. The van der Waals surface area contributed by atoms with Crippen molar-refractivity contribution in [3.63, 3.8) is 0 Å². The van der Waals surface area contributed by atoms with Gasteiger partial charge in [-0.25, -0.2) is 4.79 Å². The number of aromatic nitrogens is 1. The molecule has 18 heavy (non-hydrogen) atoms. The Kier molecular flexibility index (Phi) is 4.63. The Labute approximate surface area is 106 Å². The number of hydrogen-bond donors (Lipinski definition) is 2. The molecule has 1 atom stereocenters. The predicted octanol–water partition coefficient (Wildman–Crippen LogP) is 2.07. The number of carbonyl (C=O) groups excluding carboxylic acids is 1. The Bertz CT molecular complexity index is 415. The minimum atomic E-state index is -1.13. The topological polar surface area (TPSA) is 80.7 Å². The first kappa shape index (κ1) is 14.4. The van der Waals surface area contributed by atoms with Crippen molar-refractivity contribution < 1.29 is 19.4 Å². The lowest BCUT2D eigenvalue weighted by Crippen LogP contribution is -2.27. The van der Waals surface area contributed by atoms with Gasteiger partial charge in [0.15, 0.2) is 6.29 Å². The molecule has 100 valence electrons. The Morgan fingerprint density at radius 1 is 1.50 bits per heavy atom. The fourth-order valence-corrected chi connectivity index (χ4v) is 1.27. The van der Waals surface area contributed by atoms with Crippen LogP contribution < -0.4 is 5.32 Å². The molecule has 1 rings (SSSR count). The fourth-order valence-electron chi connectivity index (χ4n) is 1.27. The highest BCUT2D eigenvalue weighted by molar-refractivity contribution is 5.85. The molecule has 1 heterocycles. The first-order chi connectivity index (χ1) is 8.33. The van der Waals surface area contributed by atoms with Crippen molar-refractivity contribution in [2.24, 2.45) is 0 Å². The maximum absolute atomic E-state index is 11.6. The number of carbonyl (C=O) groups is 1. The Balaban J connectivity index is 2.81. The van der Waals surface area contributed by atoms with E-state index in [-0.39, 0.29) is 0 Å². The monoisotopic (exact) mass is 254 g/mol. The zero-order valence-electron chi connectivity index (χ0n) is 10.9. The van der Waals surface area contributed by atoms with Crippen molar-refractivity contribution in [2.75, 3.05) is 12.4 Å². The first-order valence-corrected chi connectivity index (χ1v) is 5.48. The van der Waals surface area contributed by atoms with Crippen LogP contribution in [0.5, 0.6) is 0 Å². The highest BCUT2D eigenvalue weighted by Gasteiger charge is 2.19. The van der Waals surface area contributed by atoms with Crippen LogP contribution in [0, 0.1) is 0 Å². The van der Waals surface area contributed by atoms with Gasteiger partial charge in [0.1, 0.15) is 5.60 Å². The van der Waals surface area contributed by atoms with E-state index >= 15 is 0 Å². The van der Waals surface area contributed by atoms with Gasteiger partial charge in [-0.3, -0.25) is 10.3 Å². The van der Waals surface area contributed by atoms with Crippen molar-refractivity contribution in [1.82, 2.24) is 4.98 Å². The van der Waals surface area contributed by atoms with Crippen LogP contribution in [0.1, 0.15) is 32.6 Å². The van der Waals surface area contributed by atoms with Crippen molar-refractivity contribution in [3.8, 4) is 0 Å². The SMILES string of the molecule is COC(O)c1ccncc1NC(=O)OC(C)(C)C. The first-order valence-electron chi connectivity index (χ1n) is 5.48. The van der Waals surface area contributed by atoms with Gasteiger partial charge in [0.25, 0.3) is 0 Å². The fraction of sp³-hybridized carbons (Fsp3) is 0.500. The van der Waals surface area contributed by atoms with Gasteiger partial charge in [-0.15, -0.1) is 0 Å². The molecular formula is C12H18N2O4. The van der Waals surface area contributed by atoms with E-state index in [4.69, 9.17) is 9.47 Å². The molecule has 6 nitrogen and oxygen atoms in total. The molecule has 0 fully saturated rings.